The molecule has 9 heteroatoms. The standard InChI is InChI=1S/C19H29N3O4S2/c1-3-22(4-2)28(25,26)16-7-8-18(20-9-5-6-10-20)17(15-16)19(23)21-11-13-27(24)14-12-21/h7-8,15H,3-6,9-14H2,1-2H3. The highest BCUT2D eigenvalue weighted by Crippen LogP contribution is 2.29. The Balaban J connectivity index is 2.01. The molecule has 156 valence electrons. The summed E-state index contributed by atoms with van der Waals surface area (Å²) >= 11 is 0. The summed E-state index contributed by atoms with van der Waals surface area (Å²) in [7, 11) is -4.52. The van der Waals surface area contributed by atoms with Crippen LogP contribution in [0.5, 0.6) is 0 Å². The number of nitrogens with zero attached hydrogens (tertiary/aromatic N) is 3. The Labute approximate surface area is 170 Å². The van der Waals surface area contributed by atoms with Crippen LogP contribution >= 0.6 is 0 Å². The molecule has 0 N–H and O–H groups in total. The molecule has 28 heavy (non-hydrogen) atoms. The summed E-state index contributed by atoms with van der Waals surface area (Å²) in [6.45, 7) is 7.00. The molecule has 2 fully saturated rings. The van der Waals surface area contributed by atoms with Crippen molar-refractivity contribution in [2.45, 2.75) is 31.6 Å². The van der Waals surface area contributed by atoms with Crippen LogP contribution in [0.25, 0.3) is 0 Å². The Morgan fingerprint density at radius 3 is 2.25 bits per heavy atom. The molecular weight excluding hydrogens is 398 g/mol. The van der Waals surface area contributed by atoms with Crippen LogP contribution in [0.3, 0.4) is 0 Å². The lowest BCUT2D eigenvalue weighted by molar-refractivity contribution is 0.0771. The topological polar surface area (TPSA) is 78.0 Å². The second-order valence-corrected chi connectivity index (χ2v) is 10.7. The van der Waals surface area contributed by atoms with Crippen LogP contribution in [-0.4, -0.2) is 78.5 Å². The lowest BCUT2D eigenvalue weighted by Gasteiger charge is -2.29. The molecule has 1 aromatic rings. The van der Waals surface area contributed by atoms with Gasteiger partial charge in [-0.2, -0.15) is 4.31 Å². The molecule has 0 atom stereocenters. The smallest absolute Gasteiger partial charge is 0.256 e. The molecule has 2 aliphatic heterocycles. The van der Waals surface area contributed by atoms with Crippen molar-refractivity contribution in [3.63, 3.8) is 0 Å². The molecule has 2 heterocycles. The molecule has 3 rings (SSSR count). The van der Waals surface area contributed by atoms with E-state index in [1.807, 2.05) is 0 Å². The van der Waals surface area contributed by atoms with E-state index in [9.17, 15) is 17.4 Å². The van der Waals surface area contributed by atoms with Gasteiger partial charge in [0.05, 0.1) is 10.5 Å². The predicted octanol–water partition coefficient (Wildman–Crippen LogP) is 1.52. The molecule has 0 radical (unpaired) electrons. The summed E-state index contributed by atoms with van der Waals surface area (Å²) in [5, 5.41) is 0. The van der Waals surface area contributed by atoms with E-state index in [4.69, 9.17) is 0 Å². The van der Waals surface area contributed by atoms with E-state index >= 15 is 0 Å². The zero-order valence-electron chi connectivity index (χ0n) is 16.6. The van der Waals surface area contributed by atoms with Gasteiger partial charge < -0.3 is 9.80 Å². The van der Waals surface area contributed by atoms with Crippen LogP contribution in [0.2, 0.25) is 0 Å². The quantitative estimate of drug-likeness (QED) is 0.688. The van der Waals surface area contributed by atoms with Gasteiger partial charge >= 0.3 is 0 Å². The summed E-state index contributed by atoms with van der Waals surface area (Å²) in [6, 6.07) is 4.93. The van der Waals surface area contributed by atoms with Crippen LogP contribution in [0.4, 0.5) is 5.69 Å². The number of rotatable bonds is 6. The predicted molar refractivity (Wildman–Crippen MR) is 112 cm³/mol. The summed E-state index contributed by atoms with van der Waals surface area (Å²) in [6.07, 6.45) is 2.13. The second kappa shape index (κ2) is 8.92. The lowest BCUT2D eigenvalue weighted by atomic mass is 10.1. The summed E-state index contributed by atoms with van der Waals surface area (Å²) in [5.41, 5.74) is 1.23. The van der Waals surface area contributed by atoms with Crippen molar-refractivity contribution in [1.82, 2.24) is 9.21 Å². The minimum absolute atomic E-state index is 0.156. The summed E-state index contributed by atoms with van der Waals surface area (Å²) in [4.78, 5) is 17.3. The Morgan fingerprint density at radius 1 is 1.07 bits per heavy atom. The molecule has 0 unspecified atom stereocenters. The first kappa shape index (κ1) is 21.3. The second-order valence-electron chi connectivity index (χ2n) is 7.10. The van der Waals surface area contributed by atoms with E-state index in [2.05, 4.69) is 4.90 Å². The summed E-state index contributed by atoms with van der Waals surface area (Å²) < 4.78 is 39.0. The Morgan fingerprint density at radius 2 is 1.68 bits per heavy atom. The highest BCUT2D eigenvalue weighted by Gasteiger charge is 2.29. The van der Waals surface area contributed by atoms with Crippen LogP contribution in [0.15, 0.2) is 23.1 Å². The van der Waals surface area contributed by atoms with Crippen LogP contribution in [-0.2, 0) is 20.8 Å². The van der Waals surface area contributed by atoms with E-state index < -0.39 is 20.8 Å². The van der Waals surface area contributed by atoms with Crippen molar-refractivity contribution >= 4 is 32.4 Å². The zero-order chi connectivity index (χ0) is 20.3. The average molecular weight is 428 g/mol. The first-order valence-corrected chi connectivity index (χ1v) is 12.8. The summed E-state index contributed by atoms with van der Waals surface area (Å²) in [5.74, 6) is 0.778. The van der Waals surface area contributed by atoms with Crippen LogP contribution < -0.4 is 4.90 Å². The molecule has 7 nitrogen and oxygen atoms in total. The van der Waals surface area contributed by atoms with Crippen molar-refractivity contribution < 1.29 is 17.4 Å². The number of carbonyl (C=O) groups excluding carboxylic acids is 1. The maximum Gasteiger partial charge on any atom is 0.256 e. The minimum Gasteiger partial charge on any atom is -0.371 e. The minimum atomic E-state index is -3.64. The molecule has 0 aromatic heterocycles. The SMILES string of the molecule is CCN(CC)S(=O)(=O)c1ccc(N2CCCC2)c(C(=O)N2CCS(=O)CC2)c1. The van der Waals surface area contributed by atoms with Crippen molar-refractivity contribution in [1.29, 1.82) is 0 Å². The Bertz CT molecular complexity index is 837. The van der Waals surface area contributed by atoms with Gasteiger partial charge in [-0.25, -0.2) is 8.42 Å². The fourth-order valence-electron chi connectivity index (χ4n) is 3.80. The average Bonchev–Trinajstić information content (AvgIpc) is 3.23. The van der Waals surface area contributed by atoms with E-state index in [1.165, 1.54) is 10.4 Å². The molecule has 1 amide bonds. The fraction of sp³-hybridized carbons (Fsp3) is 0.632. The molecule has 2 aliphatic rings. The van der Waals surface area contributed by atoms with Crippen molar-refractivity contribution in [2.75, 3.05) is 55.7 Å². The number of amides is 1. The van der Waals surface area contributed by atoms with Crippen molar-refractivity contribution in [2.24, 2.45) is 0 Å². The normalized spacial score (nSPS) is 18.8. The first-order valence-electron chi connectivity index (χ1n) is 9.92. The number of sulfonamides is 1. The van der Waals surface area contributed by atoms with E-state index in [-0.39, 0.29) is 10.8 Å². The molecule has 2 saturated heterocycles. The van der Waals surface area contributed by atoms with Gasteiger partial charge in [0.1, 0.15) is 0 Å². The monoisotopic (exact) mass is 427 g/mol. The third kappa shape index (κ3) is 4.26. The maximum absolute atomic E-state index is 13.3. The molecule has 1 aromatic carbocycles. The largest absolute Gasteiger partial charge is 0.371 e. The highest BCUT2D eigenvalue weighted by atomic mass is 32.2. The number of hydrogen-bond acceptors (Lipinski definition) is 5. The molecule has 0 spiro atoms. The van der Waals surface area contributed by atoms with Gasteiger partial charge in [-0.05, 0) is 31.0 Å². The van der Waals surface area contributed by atoms with Crippen molar-refractivity contribution in [3.8, 4) is 0 Å². The number of hydrogen-bond donors (Lipinski definition) is 0. The van der Waals surface area contributed by atoms with Gasteiger partial charge in [-0.1, -0.05) is 13.8 Å². The lowest BCUT2D eigenvalue weighted by Crippen LogP contribution is -2.42. The number of carbonyl (C=O) groups is 1. The highest BCUT2D eigenvalue weighted by molar-refractivity contribution is 7.89. The third-order valence-corrected chi connectivity index (χ3v) is 8.78. The molecule has 0 saturated carbocycles. The molecule has 0 aliphatic carbocycles. The molecule has 0 bridgehead atoms. The van der Waals surface area contributed by atoms with Gasteiger partial charge in [0.2, 0.25) is 10.0 Å². The maximum atomic E-state index is 13.3. The van der Waals surface area contributed by atoms with E-state index in [0.717, 1.165) is 31.6 Å². The van der Waals surface area contributed by atoms with Crippen molar-refractivity contribution in [3.05, 3.63) is 23.8 Å². The van der Waals surface area contributed by atoms with E-state index in [1.54, 1.807) is 30.9 Å². The zero-order valence-corrected chi connectivity index (χ0v) is 18.2. The van der Waals surface area contributed by atoms with Gasteiger partial charge in [-0.3, -0.25) is 9.00 Å². The Kier molecular flexibility index (Phi) is 6.77. The third-order valence-electron chi connectivity index (χ3n) is 5.45. The van der Waals surface area contributed by atoms with Gasteiger partial charge in [0.25, 0.3) is 5.91 Å². The van der Waals surface area contributed by atoms with Gasteiger partial charge in [0.15, 0.2) is 0 Å². The number of benzene rings is 1. The first-order chi connectivity index (χ1) is 13.4. The molecular formula is C19H29N3O4S2. The number of anilines is 1. The fourth-order valence-corrected chi connectivity index (χ4v) is 6.34. The van der Waals surface area contributed by atoms with Crippen LogP contribution in [0, 0.1) is 0 Å². The van der Waals surface area contributed by atoms with Crippen LogP contribution in [0.1, 0.15) is 37.0 Å². The van der Waals surface area contributed by atoms with Gasteiger partial charge in [-0.15, -0.1) is 0 Å². The Hall–Kier alpha value is -1.45. The van der Waals surface area contributed by atoms with E-state index in [0.29, 0.717) is 43.2 Å². The van der Waals surface area contributed by atoms with Gasteiger partial charge in [0, 0.05) is 67.3 Å².